The molecule has 1 aromatic rings. The van der Waals surface area contributed by atoms with Gasteiger partial charge in [-0.15, -0.1) is 0 Å². The van der Waals surface area contributed by atoms with Crippen LogP contribution in [-0.4, -0.2) is 13.1 Å². The van der Waals surface area contributed by atoms with Crippen LogP contribution in [0.4, 0.5) is 5.69 Å². The monoisotopic (exact) mass is 199 g/mol. The second-order valence-electron chi connectivity index (χ2n) is 2.81. The van der Waals surface area contributed by atoms with E-state index < -0.39 is 0 Å². The van der Waals surface area contributed by atoms with Gasteiger partial charge in [0.15, 0.2) is 0 Å². The van der Waals surface area contributed by atoms with Crippen LogP contribution in [0.1, 0.15) is 5.56 Å². The highest BCUT2D eigenvalue weighted by Gasteiger charge is 1.98. The Morgan fingerprint density at radius 3 is 2.85 bits per heavy atom. The van der Waals surface area contributed by atoms with Crippen molar-refractivity contribution in [2.75, 3.05) is 18.8 Å². The summed E-state index contributed by atoms with van der Waals surface area (Å²) in [5.41, 5.74) is 12.9. The standard InChI is InChI=1S/C9H14ClN3/c10-8-1-2-9(12)7(5-8)6-13-4-3-11/h1-2,5,13H,3-4,6,11-12H2. The van der Waals surface area contributed by atoms with Gasteiger partial charge in [-0.25, -0.2) is 0 Å². The highest BCUT2D eigenvalue weighted by molar-refractivity contribution is 6.30. The molecule has 0 aromatic heterocycles. The van der Waals surface area contributed by atoms with Crippen molar-refractivity contribution in [2.24, 2.45) is 5.73 Å². The van der Waals surface area contributed by atoms with Crippen molar-refractivity contribution in [1.82, 2.24) is 5.32 Å². The molecule has 0 bridgehead atoms. The molecule has 0 spiro atoms. The molecule has 0 saturated carbocycles. The molecule has 4 heteroatoms. The Morgan fingerprint density at radius 1 is 1.38 bits per heavy atom. The fourth-order valence-corrected chi connectivity index (χ4v) is 1.25. The van der Waals surface area contributed by atoms with E-state index in [9.17, 15) is 0 Å². The summed E-state index contributed by atoms with van der Waals surface area (Å²) >= 11 is 5.82. The number of nitrogens with two attached hydrogens (primary N) is 2. The highest BCUT2D eigenvalue weighted by atomic mass is 35.5. The van der Waals surface area contributed by atoms with E-state index in [1.165, 1.54) is 0 Å². The van der Waals surface area contributed by atoms with Gasteiger partial charge in [0.2, 0.25) is 0 Å². The third kappa shape index (κ3) is 3.22. The van der Waals surface area contributed by atoms with E-state index in [1.54, 1.807) is 6.07 Å². The maximum atomic E-state index is 5.82. The Labute approximate surface area is 83.1 Å². The first-order valence-electron chi connectivity index (χ1n) is 4.18. The summed E-state index contributed by atoms with van der Waals surface area (Å²) in [6.07, 6.45) is 0. The zero-order valence-corrected chi connectivity index (χ0v) is 8.14. The van der Waals surface area contributed by atoms with Gasteiger partial charge in [-0.2, -0.15) is 0 Å². The van der Waals surface area contributed by atoms with Gasteiger partial charge in [0, 0.05) is 30.3 Å². The molecular weight excluding hydrogens is 186 g/mol. The van der Waals surface area contributed by atoms with Crippen molar-refractivity contribution in [3.8, 4) is 0 Å². The Hall–Kier alpha value is -0.770. The van der Waals surface area contributed by atoms with Crippen LogP contribution in [0.3, 0.4) is 0 Å². The zero-order valence-electron chi connectivity index (χ0n) is 7.39. The SMILES string of the molecule is NCCNCc1cc(Cl)ccc1N. The average Bonchev–Trinajstić information content (AvgIpc) is 2.11. The van der Waals surface area contributed by atoms with Crippen LogP contribution in [0.2, 0.25) is 5.02 Å². The van der Waals surface area contributed by atoms with Gasteiger partial charge in [-0.05, 0) is 23.8 Å². The summed E-state index contributed by atoms with van der Waals surface area (Å²) in [6.45, 7) is 2.12. The number of hydrogen-bond acceptors (Lipinski definition) is 3. The maximum absolute atomic E-state index is 5.82. The lowest BCUT2D eigenvalue weighted by Crippen LogP contribution is -2.22. The molecule has 3 nitrogen and oxygen atoms in total. The molecule has 1 rings (SSSR count). The summed E-state index contributed by atoms with van der Waals surface area (Å²) in [7, 11) is 0. The van der Waals surface area contributed by atoms with Gasteiger partial charge in [0.25, 0.3) is 0 Å². The maximum Gasteiger partial charge on any atom is 0.0410 e. The van der Waals surface area contributed by atoms with Crippen LogP contribution in [0.5, 0.6) is 0 Å². The second-order valence-corrected chi connectivity index (χ2v) is 3.25. The Kier molecular flexibility index (Phi) is 4.02. The molecule has 0 unspecified atom stereocenters. The first-order chi connectivity index (χ1) is 6.24. The van der Waals surface area contributed by atoms with Crippen molar-refractivity contribution in [1.29, 1.82) is 0 Å². The van der Waals surface area contributed by atoms with Crippen molar-refractivity contribution >= 4 is 17.3 Å². The van der Waals surface area contributed by atoms with Crippen molar-refractivity contribution in [3.63, 3.8) is 0 Å². The molecule has 0 aliphatic heterocycles. The van der Waals surface area contributed by atoms with Crippen LogP contribution in [-0.2, 0) is 6.54 Å². The van der Waals surface area contributed by atoms with Crippen LogP contribution in [0.15, 0.2) is 18.2 Å². The van der Waals surface area contributed by atoms with E-state index in [1.807, 2.05) is 12.1 Å². The van der Waals surface area contributed by atoms with Gasteiger partial charge >= 0.3 is 0 Å². The first kappa shape index (κ1) is 10.3. The van der Waals surface area contributed by atoms with E-state index >= 15 is 0 Å². The minimum absolute atomic E-state index is 0.625. The molecule has 0 aliphatic carbocycles. The quantitative estimate of drug-likeness (QED) is 0.500. The minimum atomic E-state index is 0.625. The second kappa shape index (κ2) is 5.07. The number of nitrogen functional groups attached to an aromatic ring is 1. The van der Waals surface area contributed by atoms with Gasteiger partial charge < -0.3 is 16.8 Å². The number of benzene rings is 1. The topological polar surface area (TPSA) is 64.1 Å². The summed E-state index contributed by atoms with van der Waals surface area (Å²) in [5.74, 6) is 0. The Morgan fingerprint density at radius 2 is 2.15 bits per heavy atom. The number of nitrogens with one attached hydrogen (secondary N) is 1. The van der Waals surface area contributed by atoms with E-state index in [0.29, 0.717) is 18.1 Å². The number of halogens is 1. The highest BCUT2D eigenvalue weighted by Crippen LogP contribution is 2.17. The Balaban J connectivity index is 2.59. The fourth-order valence-electron chi connectivity index (χ4n) is 1.05. The van der Waals surface area contributed by atoms with Crippen molar-refractivity contribution in [2.45, 2.75) is 6.54 Å². The summed E-state index contributed by atoms with van der Waals surface area (Å²) in [4.78, 5) is 0. The first-order valence-corrected chi connectivity index (χ1v) is 4.56. The number of hydrogen-bond donors (Lipinski definition) is 3. The average molecular weight is 200 g/mol. The largest absolute Gasteiger partial charge is 0.398 e. The van der Waals surface area contributed by atoms with Crippen LogP contribution < -0.4 is 16.8 Å². The summed E-state index contributed by atoms with van der Waals surface area (Å²) in [6, 6.07) is 5.45. The molecule has 0 saturated heterocycles. The number of anilines is 1. The normalized spacial score (nSPS) is 10.3. The van der Waals surface area contributed by atoms with Gasteiger partial charge in [0.1, 0.15) is 0 Å². The smallest absolute Gasteiger partial charge is 0.0410 e. The molecule has 0 amide bonds. The van der Waals surface area contributed by atoms with Crippen LogP contribution >= 0.6 is 11.6 Å². The van der Waals surface area contributed by atoms with Gasteiger partial charge in [0.05, 0.1) is 0 Å². The summed E-state index contributed by atoms with van der Waals surface area (Å²) < 4.78 is 0. The fraction of sp³-hybridized carbons (Fsp3) is 0.333. The molecule has 72 valence electrons. The van der Waals surface area contributed by atoms with Gasteiger partial charge in [-0.3, -0.25) is 0 Å². The van der Waals surface area contributed by atoms with E-state index in [0.717, 1.165) is 17.8 Å². The third-order valence-electron chi connectivity index (χ3n) is 1.74. The van der Waals surface area contributed by atoms with Crippen LogP contribution in [0, 0.1) is 0 Å². The van der Waals surface area contributed by atoms with E-state index in [4.69, 9.17) is 23.1 Å². The minimum Gasteiger partial charge on any atom is -0.398 e. The Bertz CT molecular complexity index is 276. The lowest BCUT2D eigenvalue weighted by Gasteiger charge is -2.06. The molecule has 0 aliphatic rings. The lowest BCUT2D eigenvalue weighted by atomic mass is 10.2. The molecule has 5 N–H and O–H groups in total. The molecule has 1 aromatic carbocycles. The molecule has 13 heavy (non-hydrogen) atoms. The van der Waals surface area contributed by atoms with Crippen molar-refractivity contribution < 1.29 is 0 Å². The number of rotatable bonds is 4. The molecular formula is C9H14ClN3. The van der Waals surface area contributed by atoms with Crippen molar-refractivity contribution in [3.05, 3.63) is 28.8 Å². The van der Waals surface area contributed by atoms with E-state index in [2.05, 4.69) is 5.32 Å². The summed E-state index contributed by atoms with van der Waals surface area (Å²) in [5, 5.41) is 3.86. The predicted molar refractivity (Wildman–Crippen MR) is 56.6 cm³/mol. The van der Waals surface area contributed by atoms with Gasteiger partial charge in [-0.1, -0.05) is 11.6 Å². The van der Waals surface area contributed by atoms with Crippen LogP contribution in [0.25, 0.3) is 0 Å². The molecule has 0 heterocycles. The molecule has 0 atom stereocenters. The van der Waals surface area contributed by atoms with E-state index in [-0.39, 0.29) is 0 Å². The lowest BCUT2D eigenvalue weighted by molar-refractivity contribution is 0.696. The third-order valence-corrected chi connectivity index (χ3v) is 1.98. The predicted octanol–water partition coefficient (Wildman–Crippen LogP) is 0.970. The zero-order chi connectivity index (χ0) is 9.68. The molecule has 0 radical (unpaired) electrons. The molecule has 0 fully saturated rings.